The van der Waals surface area contributed by atoms with Crippen molar-refractivity contribution in [2.45, 2.75) is 26.1 Å². The molecule has 38 heavy (non-hydrogen) atoms. The number of aromatic nitrogens is 7. The van der Waals surface area contributed by atoms with Crippen molar-refractivity contribution in [3.63, 3.8) is 0 Å². The first-order valence-electron chi connectivity index (χ1n) is 11.0. The quantitative estimate of drug-likeness (QED) is 0.326. The van der Waals surface area contributed by atoms with Crippen LogP contribution in [0.1, 0.15) is 28.1 Å². The molecule has 194 valence electrons. The Balaban J connectivity index is 1.49. The van der Waals surface area contributed by atoms with Gasteiger partial charge < -0.3 is 9.30 Å². The van der Waals surface area contributed by atoms with E-state index >= 15 is 0 Å². The number of aromatic amines is 1. The summed E-state index contributed by atoms with van der Waals surface area (Å²) in [5.74, 6) is -2.13. The van der Waals surface area contributed by atoms with Crippen molar-refractivity contribution >= 4 is 10.9 Å². The third-order valence-corrected chi connectivity index (χ3v) is 5.62. The Bertz CT molecular complexity index is 1680. The van der Waals surface area contributed by atoms with Gasteiger partial charge in [-0.05, 0) is 64.9 Å². The minimum atomic E-state index is -4.80. The molecule has 0 unspecified atom stereocenters. The van der Waals surface area contributed by atoms with Crippen LogP contribution in [-0.2, 0) is 19.1 Å². The van der Waals surface area contributed by atoms with E-state index in [9.17, 15) is 26.7 Å². The number of halogens is 5. The Morgan fingerprint density at radius 3 is 2.50 bits per heavy atom. The van der Waals surface area contributed by atoms with Crippen molar-refractivity contribution in [2.75, 3.05) is 0 Å². The van der Waals surface area contributed by atoms with E-state index in [1.165, 1.54) is 41.1 Å². The highest BCUT2D eigenvalue weighted by Gasteiger charge is 2.36. The Kier molecular flexibility index (Phi) is 6.30. The zero-order valence-electron chi connectivity index (χ0n) is 19.4. The summed E-state index contributed by atoms with van der Waals surface area (Å²) in [6.45, 7) is 1.28. The van der Waals surface area contributed by atoms with E-state index < -0.39 is 34.8 Å². The number of rotatable bonds is 6. The molecule has 0 atom stereocenters. The molecule has 0 fully saturated rings. The summed E-state index contributed by atoms with van der Waals surface area (Å²) in [6.07, 6.45) is -2.50. The lowest BCUT2D eigenvalue weighted by atomic mass is 10.1. The number of tetrazole rings is 1. The van der Waals surface area contributed by atoms with Gasteiger partial charge in [0.1, 0.15) is 22.9 Å². The second kappa shape index (κ2) is 9.61. The first-order valence-corrected chi connectivity index (χ1v) is 11.0. The Morgan fingerprint density at radius 2 is 1.82 bits per heavy atom. The zero-order chi connectivity index (χ0) is 27.0. The smallest absolute Gasteiger partial charge is 0.421 e. The molecule has 0 saturated carbocycles. The highest BCUT2D eigenvalue weighted by atomic mass is 19.4. The van der Waals surface area contributed by atoms with Gasteiger partial charge >= 0.3 is 6.18 Å². The number of pyridine rings is 1. The number of hydrogen-bond donors (Lipinski definition) is 1. The molecular weight excluding hydrogens is 513 g/mol. The molecule has 0 amide bonds. The first-order chi connectivity index (χ1) is 18.1. The lowest BCUT2D eigenvalue weighted by Gasteiger charge is -2.15. The molecule has 0 aliphatic rings. The molecule has 3 aromatic heterocycles. The second-order valence-electron chi connectivity index (χ2n) is 8.38. The van der Waals surface area contributed by atoms with Gasteiger partial charge in [0.15, 0.2) is 5.82 Å². The summed E-state index contributed by atoms with van der Waals surface area (Å²) in [4.78, 5) is 20.0. The number of alkyl halides is 3. The topological polar surface area (TPSA) is 111 Å². The molecule has 5 rings (SSSR count). The standard InChI is InChI=1S/C24H16F5N7O2/c1-12-4-18(25)16(19(26)5-12)10-36-11-31-22(37)15-8-14(2-3-20(15)36)38-23-17(24(27,28)29)6-13(9-30-23)7-21-32-34-35-33-21/h2-6,8-9,11H,7,10H2,1H3,(H,32,33,34,35). The third-order valence-electron chi connectivity index (χ3n) is 5.62. The van der Waals surface area contributed by atoms with Gasteiger partial charge in [-0.25, -0.2) is 18.9 Å². The van der Waals surface area contributed by atoms with Gasteiger partial charge in [-0.3, -0.25) is 4.79 Å². The van der Waals surface area contributed by atoms with Gasteiger partial charge in [0.2, 0.25) is 5.88 Å². The first kappa shape index (κ1) is 24.9. The number of nitrogens with one attached hydrogen (secondary N) is 1. The van der Waals surface area contributed by atoms with Gasteiger partial charge in [0.05, 0.1) is 23.8 Å². The monoisotopic (exact) mass is 529 g/mol. The summed E-state index contributed by atoms with van der Waals surface area (Å²) >= 11 is 0. The van der Waals surface area contributed by atoms with E-state index in [4.69, 9.17) is 4.74 Å². The fraction of sp³-hybridized carbons (Fsp3) is 0.167. The third kappa shape index (κ3) is 5.05. The predicted molar refractivity (Wildman–Crippen MR) is 122 cm³/mol. The summed E-state index contributed by atoms with van der Waals surface area (Å²) in [7, 11) is 0. The van der Waals surface area contributed by atoms with Crippen molar-refractivity contribution in [3.8, 4) is 11.6 Å². The minimum Gasteiger partial charge on any atom is -0.438 e. The van der Waals surface area contributed by atoms with E-state index in [1.807, 2.05) is 0 Å². The maximum Gasteiger partial charge on any atom is 0.421 e. The van der Waals surface area contributed by atoms with Crippen LogP contribution >= 0.6 is 0 Å². The number of nitrogens with zero attached hydrogens (tertiary/aromatic N) is 6. The van der Waals surface area contributed by atoms with E-state index in [-0.39, 0.29) is 46.6 Å². The molecule has 0 aliphatic carbocycles. The molecule has 2 aromatic carbocycles. The summed E-state index contributed by atoms with van der Waals surface area (Å²) in [5.41, 5.74) is -1.24. The molecular formula is C24H16F5N7O2. The van der Waals surface area contributed by atoms with Gasteiger partial charge in [-0.2, -0.15) is 18.2 Å². The number of benzene rings is 2. The maximum atomic E-state index is 14.4. The highest BCUT2D eigenvalue weighted by Crippen LogP contribution is 2.38. The molecule has 3 heterocycles. The molecule has 0 radical (unpaired) electrons. The number of hydrogen-bond acceptors (Lipinski definition) is 7. The van der Waals surface area contributed by atoms with Gasteiger partial charge in [0.25, 0.3) is 5.56 Å². The maximum absolute atomic E-state index is 14.4. The van der Waals surface area contributed by atoms with Gasteiger partial charge in [0, 0.05) is 18.2 Å². The van der Waals surface area contributed by atoms with Crippen molar-refractivity contribution in [1.82, 2.24) is 35.2 Å². The molecule has 9 nitrogen and oxygen atoms in total. The number of ether oxygens (including phenoxy) is 1. The van der Waals surface area contributed by atoms with Crippen LogP contribution in [0.3, 0.4) is 0 Å². The van der Waals surface area contributed by atoms with Crippen LogP contribution in [0.5, 0.6) is 11.6 Å². The molecule has 0 bridgehead atoms. The van der Waals surface area contributed by atoms with Gasteiger partial charge in [-0.1, -0.05) is 0 Å². The lowest BCUT2D eigenvalue weighted by Crippen LogP contribution is -2.14. The van der Waals surface area contributed by atoms with Crippen LogP contribution in [0.25, 0.3) is 10.9 Å². The average molecular weight is 529 g/mol. The van der Waals surface area contributed by atoms with Crippen LogP contribution in [0, 0.1) is 18.6 Å². The van der Waals surface area contributed by atoms with E-state index in [0.29, 0.717) is 5.56 Å². The van der Waals surface area contributed by atoms with Gasteiger partial charge in [-0.15, -0.1) is 5.10 Å². The SMILES string of the molecule is Cc1cc(F)c(Cn2cnc(=O)c3cc(Oc4ncc(Cc5nnn[nH]5)cc4C(F)(F)F)ccc32)c(F)c1. The number of H-pyrrole nitrogens is 1. The molecule has 0 spiro atoms. The summed E-state index contributed by atoms with van der Waals surface area (Å²) in [6, 6.07) is 7.12. The van der Waals surface area contributed by atoms with Crippen LogP contribution in [-0.4, -0.2) is 35.2 Å². The molecule has 5 aromatic rings. The molecule has 1 N–H and O–H groups in total. The van der Waals surface area contributed by atoms with Crippen molar-refractivity contribution in [3.05, 3.63) is 99.0 Å². The summed E-state index contributed by atoms with van der Waals surface area (Å²) < 4.78 is 76.9. The zero-order valence-corrected chi connectivity index (χ0v) is 19.4. The minimum absolute atomic E-state index is 0.0211. The predicted octanol–water partition coefficient (Wildman–Crippen LogP) is 4.34. The average Bonchev–Trinajstić information content (AvgIpc) is 3.36. The largest absolute Gasteiger partial charge is 0.438 e. The Morgan fingerprint density at radius 1 is 1.05 bits per heavy atom. The highest BCUT2D eigenvalue weighted by molar-refractivity contribution is 5.79. The van der Waals surface area contributed by atoms with Crippen molar-refractivity contribution < 1.29 is 26.7 Å². The van der Waals surface area contributed by atoms with Crippen LogP contribution in [0.4, 0.5) is 22.0 Å². The molecule has 14 heteroatoms. The van der Waals surface area contributed by atoms with Crippen molar-refractivity contribution in [1.29, 1.82) is 0 Å². The second-order valence-corrected chi connectivity index (χ2v) is 8.38. The number of fused-ring (bicyclic) bond motifs is 1. The fourth-order valence-corrected chi connectivity index (χ4v) is 3.87. The van der Waals surface area contributed by atoms with Crippen LogP contribution in [0.2, 0.25) is 0 Å². The van der Waals surface area contributed by atoms with Crippen molar-refractivity contribution in [2.24, 2.45) is 0 Å². The molecule has 0 aliphatic heterocycles. The van der Waals surface area contributed by atoms with E-state index in [0.717, 1.165) is 12.4 Å². The number of aryl methyl sites for hydroxylation is 1. The molecule has 0 saturated heterocycles. The van der Waals surface area contributed by atoms with Crippen LogP contribution in [0.15, 0.2) is 53.7 Å². The van der Waals surface area contributed by atoms with Crippen LogP contribution < -0.4 is 10.3 Å². The lowest BCUT2D eigenvalue weighted by molar-refractivity contribution is -0.138. The summed E-state index contributed by atoms with van der Waals surface area (Å²) in [5, 5.41) is 12.8. The normalized spacial score (nSPS) is 11.7. The van der Waals surface area contributed by atoms with E-state index in [1.54, 1.807) is 6.92 Å². The Labute approximate surface area is 209 Å². The fourth-order valence-electron chi connectivity index (χ4n) is 3.87. The Hall–Kier alpha value is -4.75. The van der Waals surface area contributed by atoms with E-state index in [2.05, 4.69) is 30.6 Å².